The van der Waals surface area contributed by atoms with Crippen LogP contribution in [0.4, 0.5) is 5.69 Å². The zero-order valence-electron chi connectivity index (χ0n) is 18.2. The largest absolute Gasteiger partial charge is 0.378 e. The predicted molar refractivity (Wildman–Crippen MR) is 132 cm³/mol. The van der Waals surface area contributed by atoms with Crippen molar-refractivity contribution < 1.29 is 17.4 Å². The number of aryl methyl sites for hydroxylation is 1. The smallest absolute Gasteiger partial charge is 0.339 e. The minimum Gasteiger partial charge on any atom is -0.378 e. The molecule has 0 aliphatic carbocycles. The molecule has 0 spiro atoms. The summed E-state index contributed by atoms with van der Waals surface area (Å²) in [6.45, 7) is 1.85. The molecule has 0 aromatic heterocycles. The van der Waals surface area contributed by atoms with Gasteiger partial charge in [0.15, 0.2) is 0 Å². The number of fused-ring (bicyclic) bond motifs is 1. The summed E-state index contributed by atoms with van der Waals surface area (Å²) in [5.74, 6) is -0.608. The maximum atomic E-state index is 12.9. The third kappa shape index (κ3) is 4.98. The Morgan fingerprint density at radius 3 is 2.35 bits per heavy atom. The number of anilines is 1. The van der Waals surface area contributed by atoms with Crippen LogP contribution in [0.1, 0.15) is 11.1 Å². The fourth-order valence-electron chi connectivity index (χ4n) is 3.38. The van der Waals surface area contributed by atoms with Crippen LogP contribution in [0.15, 0.2) is 101 Å². The van der Waals surface area contributed by atoms with Crippen LogP contribution >= 0.6 is 0 Å². The molecule has 0 fully saturated rings. The molecule has 4 aromatic rings. The number of amides is 1. The molecule has 0 aliphatic rings. The topological polar surface area (TPSA) is 96.3 Å². The maximum Gasteiger partial charge on any atom is 0.339 e. The van der Waals surface area contributed by atoms with Gasteiger partial charge in [-0.25, -0.2) is 0 Å². The van der Waals surface area contributed by atoms with E-state index in [1.54, 1.807) is 36.4 Å². The summed E-state index contributed by atoms with van der Waals surface area (Å²) in [6, 6.07) is 27.5. The van der Waals surface area contributed by atoms with Crippen molar-refractivity contribution in [3.63, 3.8) is 0 Å². The number of hydrogen-bond acceptors (Lipinski definition) is 5. The molecule has 0 saturated heterocycles. The highest BCUT2D eigenvalue weighted by molar-refractivity contribution is 7.87. The number of carbonyl (C=O) groups excluding carboxylic acids is 1. The summed E-state index contributed by atoms with van der Waals surface area (Å²) >= 11 is 0. The highest BCUT2D eigenvalue weighted by atomic mass is 32.2. The van der Waals surface area contributed by atoms with Crippen LogP contribution in [-0.2, 0) is 14.9 Å². The summed E-state index contributed by atoms with van der Waals surface area (Å²) in [4.78, 5) is 12.9. The lowest BCUT2D eigenvalue weighted by atomic mass is 10.1. The van der Waals surface area contributed by atoms with Crippen LogP contribution in [0.2, 0.25) is 0 Å². The molecule has 1 amide bonds. The number of nitrogens with zero attached hydrogens (tertiary/aromatic N) is 1. The van der Waals surface area contributed by atoms with E-state index >= 15 is 0 Å². The average molecular weight is 469 g/mol. The van der Waals surface area contributed by atoms with E-state index < -0.39 is 16.0 Å². The minimum atomic E-state index is -4.10. The Bertz CT molecular complexity index is 1540. The van der Waals surface area contributed by atoms with E-state index in [1.165, 1.54) is 24.3 Å². The Hall–Kier alpha value is -4.41. The van der Waals surface area contributed by atoms with Crippen molar-refractivity contribution >= 4 is 38.6 Å². The Kier molecular flexibility index (Phi) is 6.44. The zero-order chi connectivity index (χ0) is 24.1. The number of rotatable bonds is 6. The molecule has 34 heavy (non-hydrogen) atoms. The summed E-state index contributed by atoms with van der Waals surface area (Å²) in [6.07, 6.45) is 1.31. The van der Waals surface area contributed by atoms with E-state index in [-0.39, 0.29) is 21.8 Å². The van der Waals surface area contributed by atoms with Crippen molar-refractivity contribution in [3.8, 4) is 11.8 Å². The van der Waals surface area contributed by atoms with Crippen molar-refractivity contribution in [2.24, 2.45) is 0 Å². The molecule has 0 aliphatic heterocycles. The number of nitriles is 1. The maximum absolute atomic E-state index is 12.9. The van der Waals surface area contributed by atoms with Crippen LogP contribution < -0.4 is 9.50 Å². The zero-order valence-corrected chi connectivity index (χ0v) is 19.0. The number of para-hydroxylation sites is 1. The molecule has 7 heteroatoms. The van der Waals surface area contributed by atoms with Gasteiger partial charge >= 0.3 is 10.1 Å². The minimum absolute atomic E-state index is 0.00564. The number of nitrogens with one attached hydrogen (secondary N) is 1. The molecular weight excluding hydrogens is 448 g/mol. The van der Waals surface area contributed by atoms with Crippen molar-refractivity contribution in [2.75, 3.05) is 5.32 Å². The lowest BCUT2D eigenvalue weighted by Crippen LogP contribution is -2.14. The number of carbonyl (C=O) groups is 1. The fraction of sp³-hybridized carbons (Fsp3) is 0.0370. The van der Waals surface area contributed by atoms with E-state index in [1.807, 2.05) is 49.4 Å². The summed E-state index contributed by atoms with van der Waals surface area (Å²) in [5.41, 5.74) is 1.56. The summed E-state index contributed by atoms with van der Waals surface area (Å²) in [7, 11) is -4.10. The van der Waals surface area contributed by atoms with Gasteiger partial charge in [0, 0.05) is 16.6 Å². The van der Waals surface area contributed by atoms with Gasteiger partial charge in [0.1, 0.15) is 22.3 Å². The molecular formula is C27H20N2O4S. The van der Waals surface area contributed by atoms with Gasteiger partial charge in [-0.2, -0.15) is 13.7 Å². The van der Waals surface area contributed by atoms with Gasteiger partial charge in [-0.15, -0.1) is 0 Å². The molecule has 0 bridgehead atoms. The molecule has 0 atom stereocenters. The van der Waals surface area contributed by atoms with Crippen LogP contribution in [0.5, 0.6) is 5.75 Å². The highest BCUT2D eigenvalue weighted by Crippen LogP contribution is 2.27. The van der Waals surface area contributed by atoms with E-state index in [4.69, 9.17) is 4.18 Å². The third-order valence-electron chi connectivity index (χ3n) is 5.13. The van der Waals surface area contributed by atoms with Crippen LogP contribution in [0, 0.1) is 18.3 Å². The van der Waals surface area contributed by atoms with E-state index in [0.717, 1.165) is 16.3 Å². The van der Waals surface area contributed by atoms with Crippen LogP contribution in [0.3, 0.4) is 0 Å². The standard InChI is InChI=1S/C27H20N2O4S/c1-19-13-15-23(16-14-19)34(31,32)33-26-12-5-3-8-21(26)17-22(18-28)27(30)29-25-11-6-9-20-7-2-4-10-24(20)25/h2-17H,1H3,(H,29,30)/b22-17+. The van der Waals surface area contributed by atoms with Crippen molar-refractivity contribution in [2.45, 2.75) is 11.8 Å². The first kappa shape index (κ1) is 22.8. The average Bonchev–Trinajstić information content (AvgIpc) is 2.83. The Morgan fingerprint density at radius 2 is 1.59 bits per heavy atom. The quantitative estimate of drug-likeness (QED) is 0.230. The van der Waals surface area contributed by atoms with Gasteiger partial charge < -0.3 is 9.50 Å². The fourth-order valence-corrected chi connectivity index (χ4v) is 4.33. The predicted octanol–water partition coefficient (Wildman–Crippen LogP) is 5.46. The molecule has 0 heterocycles. The van der Waals surface area contributed by atoms with Crippen molar-refractivity contribution in [1.29, 1.82) is 5.26 Å². The second-order valence-corrected chi connectivity index (χ2v) is 9.09. The Balaban J connectivity index is 1.63. The van der Waals surface area contributed by atoms with E-state index in [9.17, 15) is 18.5 Å². The van der Waals surface area contributed by atoms with Gasteiger partial charge in [0.05, 0.1) is 0 Å². The lowest BCUT2D eigenvalue weighted by molar-refractivity contribution is -0.112. The summed E-state index contributed by atoms with van der Waals surface area (Å²) < 4.78 is 30.8. The molecule has 0 saturated carbocycles. The second kappa shape index (κ2) is 9.61. The van der Waals surface area contributed by atoms with Gasteiger partial charge in [0.2, 0.25) is 0 Å². The first-order valence-electron chi connectivity index (χ1n) is 10.4. The molecule has 4 rings (SSSR count). The number of hydrogen-bond donors (Lipinski definition) is 1. The van der Waals surface area contributed by atoms with Gasteiger partial charge in [-0.3, -0.25) is 4.79 Å². The SMILES string of the molecule is Cc1ccc(S(=O)(=O)Oc2ccccc2/C=C(\C#N)C(=O)Nc2cccc3ccccc23)cc1. The monoisotopic (exact) mass is 468 g/mol. The molecule has 0 unspecified atom stereocenters. The van der Waals surface area contributed by atoms with Gasteiger partial charge in [-0.1, -0.05) is 72.3 Å². The Morgan fingerprint density at radius 1 is 0.912 bits per heavy atom. The Labute approximate surface area is 197 Å². The van der Waals surface area contributed by atoms with E-state index in [2.05, 4.69) is 5.32 Å². The molecule has 168 valence electrons. The lowest BCUT2D eigenvalue weighted by Gasteiger charge is -2.11. The second-order valence-electron chi connectivity index (χ2n) is 7.54. The highest BCUT2D eigenvalue weighted by Gasteiger charge is 2.19. The molecule has 4 aromatic carbocycles. The molecule has 0 radical (unpaired) electrons. The van der Waals surface area contributed by atoms with Gasteiger partial charge in [0.25, 0.3) is 5.91 Å². The third-order valence-corrected chi connectivity index (χ3v) is 6.38. The molecule has 6 nitrogen and oxygen atoms in total. The van der Waals surface area contributed by atoms with Crippen LogP contribution in [-0.4, -0.2) is 14.3 Å². The number of benzene rings is 4. The van der Waals surface area contributed by atoms with Crippen LogP contribution in [0.25, 0.3) is 16.8 Å². The first-order chi connectivity index (χ1) is 16.4. The van der Waals surface area contributed by atoms with Crippen molar-refractivity contribution in [1.82, 2.24) is 0 Å². The van der Waals surface area contributed by atoms with E-state index in [0.29, 0.717) is 5.69 Å². The van der Waals surface area contributed by atoms with Gasteiger partial charge in [-0.05, 0) is 42.7 Å². The first-order valence-corrected chi connectivity index (χ1v) is 11.8. The van der Waals surface area contributed by atoms with Crippen molar-refractivity contribution in [3.05, 3.63) is 108 Å². The molecule has 1 N–H and O–H groups in total. The summed E-state index contributed by atoms with van der Waals surface area (Å²) in [5, 5.41) is 14.2. The normalized spacial score (nSPS) is 11.6.